The molecule has 0 radical (unpaired) electrons. The van der Waals surface area contributed by atoms with Crippen molar-refractivity contribution in [1.82, 2.24) is 5.32 Å². The summed E-state index contributed by atoms with van der Waals surface area (Å²) in [5.74, 6) is 0. The Bertz CT molecular complexity index is 712. The summed E-state index contributed by atoms with van der Waals surface area (Å²) in [6, 6.07) is 7.40. The molecule has 1 fully saturated rings. The van der Waals surface area contributed by atoms with Gasteiger partial charge in [0.1, 0.15) is 0 Å². The highest BCUT2D eigenvalue weighted by atomic mass is 14.9. The zero-order valence-corrected chi connectivity index (χ0v) is 17.1. The van der Waals surface area contributed by atoms with E-state index in [1.54, 1.807) is 0 Å². The van der Waals surface area contributed by atoms with Crippen LogP contribution in [0.5, 0.6) is 0 Å². The van der Waals surface area contributed by atoms with E-state index in [1.165, 1.54) is 59.9 Å². The number of allylic oxidation sites excluding steroid dienone is 6. The minimum absolute atomic E-state index is 0.619. The van der Waals surface area contributed by atoms with E-state index in [0.29, 0.717) is 6.04 Å². The van der Waals surface area contributed by atoms with Gasteiger partial charge in [0, 0.05) is 18.2 Å². The molecule has 0 saturated heterocycles. The molecule has 0 atom stereocenters. The SMILES string of the molecule is C=C(Cc1ccc(C)c(C(/C=C(\C)C(=C)C)=C/C)c1)NC1CCCCC1. The maximum Gasteiger partial charge on any atom is 0.0258 e. The van der Waals surface area contributed by atoms with Crippen molar-refractivity contribution in [2.75, 3.05) is 0 Å². The Morgan fingerprint density at radius 3 is 2.46 bits per heavy atom. The lowest BCUT2D eigenvalue weighted by atomic mass is 9.93. The van der Waals surface area contributed by atoms with Crippen LogP contribution in [0.3, 0.4) is 0 Å². The van der Waals surface area contributed by atoms with Gasteiger partial charge in [0.15, 0.2) is 0 Å². The topological polar surface area (TPSA) is 12.0 Å². The van der Waals surface area contributed by atoms with E-state index in [2.05, 4.69) is 76.5 Å². The second-order valence-corrected chi connectivity index (χ2v) is 7.76. The van der Waals surface area contributed by atoms with Gasteiger partial charge in [0.05, 0.1) is 0 Å². The van der Waals surface area contributed by atoms with Gasteiger partial charge in [-0.25, -0.2) is 0 Å². The van der Waals surface area contributed by atoms with Crippen LogP contribution in [0, 0.1) is 6.92 Å². The van der Waals surface area contributed by atoms with Crippen molar-refractivity contribution >= 4 is 5.57 Å². The minimum atomic E-state index is 0.619. The highest BCUT2D eigenvalue weighted by Crippen LogP contribution is 2.25. The largest absolute Gasteiger partial charge is 0.386 e. The molecule has 26 heavy (non-hydrogen) atoms. The van der Waals surface area contributed by atoms with Crippen molar-refractivity contribution in [2.24, 2.45) is 0 Å². The van der Waals surface area contributed by atoms with E-state index in [-0.39, 0.29) is 0 Å². The zero-order valence-electron chi connectivity index (χ0n) is 17.1. The van der Waals surface area contributed by atoms with Crippen molar-refractivity contribution in [2.45, 2.75) is 72.3 Å². The molecular weight excluding hydrogens is 314 g/mol. The summed E-state index contributed by atoms with van der Waals surface area (Å²) >= 11 is 0. The average molecular weight is 350 g/mol. The smallest absolute Gasteiger partial charge is 0.0258 e. The van der Waals surface area contributed by atoms with E-state index in [4.69, 9.17) is 0 Å². The quantitative estimate of drug-likeness (QED) is 0.528. The fraction of sp³-hybridized carbons (Fsp3) is 0.440. The molecule has 1 aliphatic rings. The molecule has 0 spiro atoms. The maximum absolute atomic E-state index is 4.28. The first kappa shape index (κ1) is 20.3. The molecule has 0 aliphatic heterocycles. The summed E-state index contributed by atoms with van der Waals surface area (Å²) < 4.78 is 0. The van der Waals surface area contributed by atoms with Crippen molar-refractivity contribution in [3.8, 4) is 0 Å². The Kier molecular flexibility index (Phi) is 7.50. The van der Waals surface area contributed by atoms with Crippen molar-refractivity contribution in [3.05, 3.63) is 77.0 Å². The van der Waals surface area contributed by atoms with E-state index in [1.807, 2.05) is 0 Å². The second-order valence-electron chi connectivity index (χ2n) is 7.76. The van der Waals surface area contributed by atoms with E-state index in [0.717, 1.165) is 17.7 Å². The monoisotopic (exact) mass is 349 g/mol. The Morgan fingerprint density at radius 2 is 1.85 bits per heavy atom. The van der Waals surface area contributed by atoms with Crippen molar-refractivity contribution < 1.29 is 0 Å². The molecule has 1 aromatic carbocycles. The van der Waals surface area contributed by atoms with Crippen LogP contribution in [0.4, 0.5) is 0 Å². The minimum Gasteiger partial charge on any atom is -0.386 e. The molecule has 1 aliphatic carbocycles. The van der Waals surface area contributed by atoms with Crippen LogP contribution in [-0.2, 0) is 6.42 Å². The maximum atomic E-state index is 4.28. The molecule has 1 saturated carbocycles. The Balaban J connectivity index is 2.14. The first-order valence-electron chi connectivity index (χ1n) is 9.95. The number of aryl methyl sites for hydroxylation is 1. The van der Waals surface area contributed by atoms with Gasteiger partial charge >= 0.3 is 0 Å². The van der Waals surface area contributed by atoms with E-state index >= 15 is 0 Å². The summed E-state index contributed by atoms with van der Waals surface area (Å²) in [5.41, 5.74) is 8.67. The molecule has 140 valence electrons. The van der Waals surface area contributed by atoms with Crippen molar-refractivity contribution in [1.29, 1.82) is 0 Å². The van der Waals surface area contributed by atoms with Gasteiger partial charge in [-0.2, -0.15) is 0 Å². The lowest BCUT2D eigenvalue weighted by Gasteiger charge is -2.25. The molecule has 0 amide bonds. The standard InChI is InChI=1S/C25H35N/c1-7-23(15-20(5)18(2)3)25-17-22(14-13-19(25)4)16-21(6)26-24-11-9-8-10-12-24/h7,13-15,17,24,26H,2,6,8-12,16H2,1,3-5H3/b20-15+,23-7+. The molecular formula is C25H35N. The number of hydrogen-bond acceptors (Lipinski definition) is 1. The predicted octanol–water partition coefficient (Wildman–Crippen LogP) is 6.90. The van der Waals surface area contributed by atoms with Gasteiger partial charge in [-0.05, 0) is 68.4 Å². The number of benzene rings is 1. The third kappa shape index (κ3) is 5.76. The molecule has 1 heteroatoms. The van der Waals surface area contributed by atoms with Gasteiger partial charge in [0.2, 0.25) is 0 Å². The molecule has 0 heterocycles. The van der Waals surface area contributed by atoms with Crippen LogP contribution in [0.15, 0.2) is 60.4 Å². The molecule has 0 unspecified atom stereocenters. The number of hydrogen-bond donors (Lipinski definition) is 1. The van der Waals surface area contributed by atoms with Crippen LogP contribution in [0.25, 0.3) is 5.57 Å². The predicted molar refractivity (Wildman–Crippen MR) is 116 cm³/mol. The van der Waals surface area contributed by atoms with Gasteiger partial charge in [0.25, 0.3) is 0 Å². The molecule has 2 rings (SSSR count). The lowest BCUT2D eigenvalue weighted by Crippen LogP contribution is -2.30. The van der Waals surface area contributed by atoms with Crippen LogP contribution >= 0.6 is 0 Å². The fourth-order valence-electron chi connectivity index (χ4n) is 3.60. The average Bonchev–Trinajstić information content (AvgIpc) is 2.62. The van der Waals surface area contributed by atoms with Crippen molar-refractivity contribution in [3.63, 3.8) is 0 Å². The zero-order chi connectivity index (χ0) is 19.1. The third-order valence-electron chi connectivity index (χ3n) is 5.40. The molecule has 1 aromatic rings. The number of nitrogens with one attached hydrogen (secondary N) is 1. The summed E-state index contributed by atoms with van der Waals surface area (Å²) in [6.07, 6.45) is 12.0. The summed E-state index contributed by atoms with van der Waals surface area (Å²) in [7, 11) is 0. The second kappa shape index (κ2) is 9.62. The van der Waals surface area contributed by atoms with Gasteiger partial charge < -0.3 is 5.32 Å². The van der Waals surface area contributed by atoms with E-state index < -0.39 is 0 Å². The third-order valence-corrected chi connectivity index (χ3v) is 5.40. The normalized spacial score (nSPS) is 16.5. The van der Waals surface area contributed by atoms with Gasteiger partial charge in [-0.15, -0.1) is 0 Å². The van der Waals surface area contributed by atoms with Crippen LogP contribution < -0.4 is 5.32 Å². The highest BCUT2D eigenvalue weighted by molar-refractivity contribution is 5.77. The lowest BCUT2D eigenvalue weighted by molar-refractivity contribution is 0.395. The Morgan fingerprint density at radius 1 is 1.15 bits per heavy atom. The molecule has 1 N–H and O–H groups in total. The van der Waals surface area contributed by atoms with Crippen LogP contribution in [-0.4, -0.2) is 6.04 Å². The summed E-state index contributed by atoms with van der Waals surface area (Å²) in [4.78, 5) is 0. The summed E-state index contributed by atoms with van der Waals surface area (Å²) in [5, 5.41) is 3.66. The number of rotatable bonds is 7. The summed E-state index contributed by atoms with van der Waals surface area (Å²) in [6.45, 7) is 16.8. The first-order chi connectivity index (χ1) is 12.4. The fourth-order valence-corrected chi connectivity index (χ4v) is 3.60. The Labute approximate surface area is 160 Å². The van der Waals surface area contributed by atoms with Crippen LogP contribution in [0.1, 0.15) is 69.6 Å². The Hall–Kier alpha value is -2.02. The highest BCUT2D eigenvalue weighted by Gasteiger charge is 2.13. The van der Waals surface area contributed by atoms with Gasteiger partial charge in [-0.1, -0.05) is 68.3 Å². The molecule has 0 bridgehead atoms. The molecule has 1 nitrogen and oxygen atoms in total. The molecule has 0 aromatic heterocycles. The van der Waals surface area contributed by atoms with Gasteiger partial charge in [-0.3, -0.25) is 0 Å². The first-order valence-corrected chi connectivity index (χ1v) is 9.95. The van der Waals surface area contributed by atoms with E-state index in [9.17, 15) is 0 Å². The van der Waals surface area contributed by atoms with Crippen LogP contribution in [0.2, 0.25) is 0 Å².